The minimum atomic E-state index is -0.571. The molecule has 2 aromatic heterocycles. The lowest BCUT2D eigenvalue weighted by Crippen LogP contribution is -2.20. The predicted molar refractivity (Wildman–Crippen MR) is 102 cm³/mol. The average molecular weight is 367 g/mol. The van der Waals surface area contributed by atoms with E-state index in [4.69, 9.17) is 16.3 Å². The summed E-state index contributed by atoms with van der Waals surface area (Å²) < 4.78 is 6.67. The van der Waals surface area contributed by atoms with Crippen molar-refractivity contribution in [1.29, 1.82) is 0 Å². The molecule has 0 saturated heterocycles. The van der Waals surface area contributed by atoms with Gasteiger partial charge in [-0.1, -0.05) is 54.1 Å². The number of rotatable bonds is 3. The van der Waals surface area contributed by atoms with Gasteiger partial charge in [-0.25, -0.2) is 4.79 Å². The van der Waals surface area contributed by atoms with Gasteiger partial charge < -0.3 is 9.72 Å². The van der Waals surface area contributed by atoms with Gasteiger partial charge in [0.25, 0.3) is 5.56 Å². The first kappa shape index (κ1) is 16.4. The molecule has 0 aliphatic rings. The number of aromatic amines is 1. The highest BCUT2D eigenvalue weighted by atomic mass is 35.5. The highest BCUT2D eigenvalue weighted by Gasteiger charge is 2.25. The number of esters is 1. The lowest BCUT2D eigenvalue weighted by atomic mass is 10.0. The molecule has 26 heavy (non-hydrogen) atoms. The normalized spacial score (nSPS) is 11.2. The fraction of sp³-hybridized carbons (Fsp3) is 0.100. The summed E-state index contributed by atoms with van der Waals surface area (Å²) in [5, 5.41) is 0.0891. The van der Waals surface area contributed by atoms with Crippen LogP contribution < -0.4 is 5.56 Å². The van der Waals surface area contributed by atoms with Gasteiger partial charge in [0.1, 0.15) is 11.2 Å². The molecule has 0 saturated carbocycles. The van der Waals surface area contributed by atoms with Gasteiger partial charge in [0.05, 0.1) is 28.2 Å². The molecule has 1 N–H and O–H groups in total. The smallest absolute Gasteiger partial charge is 0.343 e. The number of nitrogens with one attached hydrogen (secondary N) is 1. The second-order valence-corrected chi connectivity index (χ2v) is 6.16. The molecular weight excluding hydrogens is 352 g/mol. The van der Waals surface area contributed by atoms with Crippen LogP contribution >= 0.6 is 11.6 Å². The van der Waals surface area contributed by atoms with Crippen molar-refractivity contribution in [1.82, 2.24) is 9.38 Å². The predicted octanol–water partition coefficient (Wildman–Crippen LogP) is 4.28. The number of imidazole rings is 1. The van der Waals surface area contributed by atoms with Gasteiger partial charge >= 0.3 is 5.97 Å². The number of halogens is 1. The van der Waals surface area contributed by atoms with Crippen molar-refractivity contribution in [2.24, 2.45) is 0 Å². The third kappa shape index (κ3) is 2.40. The maximum absolute atomic E-state index is 13.3. The van der Waals surface area contributed by atoms with Crippen molar-refractivity contribution < 1.29 is 9.53 Å². The molecule has 130 valence electrons. The van der Waals surface area contributed by atoms with Crippen LogP contribution in [0.4, 0.5) is 0 Å². The Morgan fingerprint density at radius 3 is 2.54 bits per heavy atom. The van der Waals surface area contributed by atoms with Crippen molar-refractivity contribution in [3.63, 3.8) is 0 Å². The van der Waals surface area contributed by atoms with Gasteiger partial charge in [-0.2, -0.15) is 0 Å². The summed E-state index contributed by atoms with van der Waals surface area (Å²) in [6.45, 7) is 1.93. The summed E-state index contributed by atoms with van der Waals surface area (Å²) in [7, 11) is 0. The van der Waals surface area contributed by atoms with Crippen molar-refractivity contribution >= 4 is 34.3 Å². The van der Waals surface area contributed by atoms with Crippen LogP contribution in [0, 0.1) is 0 Å². The van der Waals surface area contributed by atoms with E-state index >= 15 is 0 Å². The van der Waals surface area contributed by atoms with Crippen LogP contribution in [-0.2, 0) is 4.74 Å². The molecule has 2 heterocycles. The number of para-hydroxylation sites is 2. The summed E-state index contributed by atoms with van der Waals surface area (Å²) in [5.41, 5.74) is 2.53. The number of nitrogens with zero attached hydrogens (tertiary/aromatic N) is 1. The van der Waals surface area contributed by atoms with E-state index in [9.17, 15) is 9.59 Å². The molecule has 0 bridgehead atoms. The SMILES string of the molecule is CCOC(=O)c1c(Cl)c(-c2ccccc2)c(=O)n2c1[nH]c1ccccc12. The van der Waals surface area contributed by atoms with Crippen LogP contribution in [0.25, 0.3) is 27.8 Å². The Morgan fingerprint density at radius 2 is 1.81 bits per heavy atom. The zero-order chi connectivity index (χ0) is 18.3. The Hall–Kier alpha value is -3.05. The number of hydrogen-bond donors (Lipinski definition) is 1. The van der Waals surface area contributed by atoms with Crippen molar-refractivity contribution in [3.05, 3.63) is 75.5 Å². The first-order valence-electron chi connectivity index (χ1n) is 8.21. The van der Waals surface area contributed by atoms with E-state index in [0.29, 0.717) is 16.7 Å². The molecule has 0 radical (unpaired) electrons. The van der Waals surface area contributed by atoms with E-state index in [2.05, 4.69) is 4.98 Å². The van der Waals surface area contributed by atoms with E-state index in [1.807, 2.05) is 42.5 Å². The summed E-state index contributed by atoms with van der Waals surface area (Å²) >= 11 is 6.55. The highest BCUT2D eigenvalue weighted by molar-refractivity contribution is 6.37. The first-order chi connectivity index (χ1) is 12.6. The second kappa shape index (κ2) is 6.35. The first-order valence-corrected chi connectivity index (χ1v) is 8.58. The number of aromatic nitrogens is 2. The minimum Gasteiger partial charge on any atom is -0.462 e. The van der Waals surface area contributed by atoms with Crippen LogP contribution in [0.3, 0.4) is 0 Å². The molecule has 4 rings (SSSR count). The van der Waals surface area contributed by atoms with E-state index in [0.717, 1.165) is 5.52 Å². The maximum atomic E-state index is 13.3. The molecule has 0 amide bonds. The number of hydrogen-bond acceptors (Lipinski definition) is 3. The van der Waals surface area contributed by atoms with Gasteiger partial charge in [-0.05, 0) is 24.6 Å². The summed E-state index contributed by atoms with van der Waals surface area (Å²) in [6, 6.07) is 16.4. The number of ether oxygens (including phenoxy) is 1. The average Bonchev–Trinajstić information content (AvgIpc) is 3.02. The van der Waals surface area contributed by atoms with Crippen molar-refractivity contribution in [3.8, 4) is 11.1 Å². The molecule has 5 nitrogen and oxygen atoms in total. The number of benzene rings is 2. The molecule has 0 unspecified atom stereocenters. The Labute approximate surface area is 153 Å². The second-order valence-electron chi connectivity index (χ2n) is 5.78. The van der Waals surface area contributed by atoms with Crippen LogP contribution in [0.1, 0.15) is 17.3 Å². The Balaban J connectivity index is 2.21. The molecule has 0 aliphatic carbocycles. The van der Waals surface area contributed by atoms with Gasteiger partial charge in [0.2, 0.25) is 0 Å². The largest absolute Gasteiger partial charge is 0.462 e. The van der Waals surface area contributed by atoms with Crippen LogP contribution in [0.15, 0.2) is 59.4 Å². The van der Waals surface area contributed by atoms with Gasteiger partial charge in [-0.15, -0.1) is 0 Å². The third-order valence-corrected chi connectivity index (χ3v) is 4.63. The number of pyridine rings is 1. The lowest BCUT2D eigenvalue weighted by molar-refractivity contribution is 0.0528. The molecule has 2 aromatic carbocycles. The molecule has 0 spiro atoms. The fourth-order valence-electron chi connectivity index (χ4n) is 3.14. The Kier molecular flexibility index (Phi) is 4.01. The topological polar surface area (TPSA) is 63.6 Å². The van der Waals surface area contributed by atoms with E-state index < -0.39 is 5.97 Å². The minimum absolute atomic E-state index is 0.0891. The molecule has 0 atom stereocenters. The van der Waals surface area contributed by atoms with Gasteiger partial charge in [0.15, 0.2) is 0 Å². The van der Waals surface area contributed by atoms with E-state index in [1.54, 1.807) is 19.1 Å². The van der Waals surface area contributed by atoms with E-state index in [-0.39, 0.29) is 28.3 Å². The summed E-state index contributed by atoms with van der Waals surface area (Å²) in [6.07, 6.45) is 0. The quantitative estimate of drug-likeness (QED) is 0.550. The number of carbonyl (C=O) groups excluding carboxylic acids is 1. The third-order valence-electron chi connectivity index (χ3n) is 4.26. The number of fused-ring (bicyclic) bond motifs is 3. The molecule has 6 heteroatoms. The van der Waals surface area contributed by atoms with E-state index in [1.165, 1.54) is 4.40 Å². The monoisotopic (exact) mass is 366 g/mol. The molecule has 4 aromatic rings. The standard InChI is InChI=1S/C20H15ClN2O3/c1-2-26-20(25)16-17(21)15(12-8-4-3-5-9-12)19(24)23-14-11-7-6-10-13(14)22-18(16)23/h3-11,22H,2H2,1H3. The van der Waals surface area contributed by atoms with Gasteiger partial charge in [0, 0.05) is 0 Å². The van der Waals surface area contributed by atoms with Crippen LogP contribution in [0.2, 0.25) is 5.02 Å². The molecule has 0 aliphatic heterocycles. The number of carbonyl (C=O) groups is 1. The van der Waals surface area contributed by atoms with Crippen molar-refractivity contribution in [2.45, 2.75) is 6.92 Å². The number of H-pyrrole nitrogens is 1. The summed E-state index contributed by atoms with van der Waals surface area (Å²) in [4.78, 5) is 29.0. The fourth-order valence-corrected chi connectivity index (χ4v) is 3.50. The maximum Gasteiger partial charge on any atom is 0.343 e. The van der Waals surface area contributed by atoms with Crippen molar-refractivity contribution in [2.75, 3.05) is 6.61 Å². The van der Waals surface area contributed by atoms with Crippen LogP contribution in [-0.4, -0.2) is 22.0 Å². The van der Waals surface area contributed by atoms with Gasteiger partial charge in [-0.3, -0.25) is 9.20 Å². The lowest BCUT2D eigenvalue weighted by Gasteiger charge is -2.11. The molecule has 0 fully saturated rings. The Morgan fingerprint density at radius 1 is 1.12 bits per heavy atom. The van der Waals surface area contributed by atoms with Crippen LogP contribution in [0.5, 0.6) is 0 Å². The summed E-state index contributed by atoms with van der Waals surface area (Å²) in [5.74, 6) is -0.571. The zero-order valence-electron chi connectivity index (χ0n) is 14.0. The molecular formula is C20H15ClN2O3. The highest BCUT2D eigenvalue weighted by Crippen LogP contribution is 2.32. The Bertz CT molecular complexity index is 1190. The zero-order valence-corrected chi connectivity index (χ0v) is 14.7.